The molecule has 1 aliphatic carbocycles. The maximum atomic E-state index is 11.7. The minimum Gasteiger partial charge on any atom is -0.382 e. The summed E-state index contributed by atoms with van der Waals surface area (Å²) in [6.07, 6.45) is 5.17. The summed E-state index contributed by atoms with van der Waals surface area (Å²) >= 11 is 0. The van der Waals surface area contributed by atoms with Gasteiger partial charge >= 0.3 is 0 Å². The van der Waals surface area contributed by atoms with Crippen molar-refractivity contribution in [2.45, 2.75) is 45.6 Å². The third-order valence-electron chi connectivity index (χ3n) is 4.02. The van der Waals surface area contributed by atoms with E-state index in [1.54, 1.807) is 0 Å². The molecule has 1 amide bonds. The molecule has 2 N–H and O–H groups in total. The number of carbonyl (C=O) groups excluding carboxylic acids is 1. The van der Waals surface area contributed by atoms with Gasteiger partial charge in [-0.15, -0.1) is 0 Å². The molecule has 0 aromatic heterocycles. The Morgan fingerprint density at radius 2 is 1.95 bits per heavy atom. The fourth-order valence-electron chi connectivity index (χ4n) is 2.91. The van der Waals surface area contributed by atoms with E-state index in [0.29, 0.717) is 12.6 Å². The van der Waals surface area contributed by atoms with E-state index in [4.69, 9.17) is 0 Å². The number of hydrogen-bond donors (Lipinski definition) is 2. The summed E-state index contributed by atoms with van der Waals surface area (Å²) < 4.78 is 0. The van der Waals surface area contributed by atoms with Crippen LogP contribution < -0.4 is 10.6 Å². The zero-order valence-electron chi connectivity index (χ0n) is 11.9. The molecule has 0 saturated heterocycles. The highest BCUT2D eigenvalue weighted by atomic mass is 16.1. The molecule has 3 heteroatoms. The van der Waals surface area contributed by atoms with Crippen LogP contribution in [0.2, 0.25) is 0 Å². The van der Waals surface area contributed by atoms with Gasteiger partial charge in [0.25, 0.3) is 5.91 Å². The molecule has 0 bridgehead atoms. The Labute approximate surface area is 115 Å². The van der Waals surface area contributed by atoms with Crippen LogP contribution in [0.25, 0.3) is 0 Å². The first-order valence-corrected chi connectivity index (χ1v) is 7.39. The molecule has 1 fully saturated rings. The molecule has 0 radical (unpaired) electrons. The fraction of sp³-hybridized carbons (Fsp3) is 0.562. The molecular formula is C16H24N2O. The number of hydrogen-bond acceptors (Lipinski definition) is 2. The highest BCUT2D eigenvalue weighted by Gasteiger charge is 2.25. The van der Waals surface area contributed by atoms with Gasteiger partial charge in [0.15, 0.2) is 0 Å². The lowest BCUT2D eigenvalue weighted by atomic mass is 10.0. The van der Waals surface area contributed by atoms with Gasteiger partial charge in [-0.3, -0.25) is 4.79 Å². The topological polar surface area (TPSA) is 41.1 Å². The lowest BCUT2D eigenvalue weighted by Crippen LogP contribution is -2.24. The molecule has 1 saturated carbocycles. The largest absolute Gasteiger partial charge is 0.382 e. The number of benzene rings is 1. The van der Waals surface area contributed by atoms with E-state index in [1.165, 1.54) is 25.7 Å². The van der Waals surface area contributed by atoms with Gasteiger partial charge in [0.2, 0.25) is 0 Å². The molecular weight excluding hydrogens is 236 g/mol. The zero-order valence-corrected chi connectivity index (χ0v) is 11.9. The number of amides is 1. The van der Waals surface area contributed by atoms with Crippen molar-refractivity contribution < 1.29 is 4.79 Å². The van der Waals surface area contributed by atoms with E-state index in [1.807, 2.05) is 31.2 Å². The molecule has 0 spiro atoms. The Kier molecular flexibility index (Phi) is 4.83. The van der Waals surface area contributed by atoms with Gasteiger partial charge in [-0.2, -0.15) is 0 Å². The van der Waals surface area contributed by atoms with Crippen LogP contribution in [-0.4, -0.2) is 18.5 Å². The summed E-state index contributed by atoms with van der Waals surface area (Å²) in [6, 6.07) is 8.40. The molecule has 104 valence electrons. The van der Waals surface area contributed by atoms with Crippen molar-refractivity contribution in [1.29, 1.82) is 0 Å². The minimum atomic E-state index is 0.00125. The lowest BCUT2D eigenvalue weighted by Gasteiger charge is -2.21. The Morgan fingerprint density at radius 1 is 1.21 bits per heavy atom. The molecule has 2 rings (SSSR count). The standard InChI is InChI=1S/C16H24N2O/c1-3-12-6-5-7-15(12)18-14-10-8-13(9-11-14)16(19)17-4-2/h8-12,15,18H,3-7H2,1-2H3,(H,17,19). The smallest absolute Gasteiger partial charge is 0.251 e. The molecule has 1 aliphatic rings. The van der Waals surface area contributed by atoms with Crippen molar-refractivity contribution in [2.75, 3.05) is 11.9 Å². The van der Waals surface area contributed by atoms with Crippen molar-refractivity contribution in [1.82, 2.24) is 5.32 Å². The second-order valence-corrected chi connectivity index (χ2v) is 5.29. The van der Waals surface area contributed by atoms with Gasteiger partial charge < -0.3 is 10.6 Å². The SMILES string of the molecule is CCNC(=O)c1ccc(NC2CCCC2CC)cc1. The van der Waals surface area contributed by atoms with Crippen LogP contribution in [0.3, 0.4) is 0 Å². The predicted molar refractivity (Wildman–Crippen MR) is 79.5 cm³/mol. The maximum Gasteiger partial charge on any atom is 0.251 e. The third kappa shape index (κ3) is 3.49. The predicted octanol–water partition coefficient (Wildman–Crippen LogP) is 3.43. The molecule has 2 atom stereocenters. The van der Waals surface area contributed by atoms with Crippen LogP contribution in [0, 0.1) is 5.92 Å². The first-order chi connectivity index (χ1) is 9.24. The average Bonchev–Trinajstić information content (AvgIpc) is 2.87. The Hall–Kier alpha value is -1.51. The summed E-state index contributed by atoms with van der Waals surface area (Å²) in [7, 11) is 0. The molecule has 1 aromatic rings. The maximum absolute atomic E-state index is 11.7. The molecule has 3 nitrogen and oxygen atoms in total. The van der Waals surface area contributed by atoms with Crippen LogP contribution in [0.5, 0.6) is 0 Å². The number of anilines is 1. The van der Waals surface area contributed by atoms with E-state index >= 15 is 0 Å². The van der Waals surface area contributed by atoms with Gasteiger partial charge in [0.1, 0.15) is 0 Å². The fourth-order valence-corrected chi connectivity index (χ4v) is 2.91. The molecule has 0 heterocycles. The van der Waals surface area contributed by atoms with E-state index in [0.717, 1.165) is 17.2 Å². The van der Waals surface area contributed by atoms with Crippen LogP contribution in [0.15, 0.2) is 24.3 Å². The summed E-state index contributed by atoms with van der Waals surface area (Å²) in [4.78, 5) is 11.7. The van der Waals surface area contributed by atoms with Gasteiger partial charge in [-0.05, 0) is 49.9 Å². The van der Waals surface area contributed by atoms with Crippen molar-refractivity contribution in [3.05, 3.63) is 29.8 Å². The highest BCUT2D eigenvalue weighted by Crippen LogP contribution is 2.30. The normalized spacial score (nSPS) is 22.2. The van der Waals surface area contributed by atoms with E-state index < -0.39 is 0 Å². The number of rotatable bonds is 5. The third-order valence-corrected chi connectivity index (χ3v) is 4.02. The quantitative estimate of drug-likeness (QED) is 0.851. The minimum absolute atomic E-state index is 0.00125. The van der Waals surface area contributed by atoms with E-state index in [-0.39, 0.29) is 5.91 Å². The molecule has 2 unspecified atom stereocenters. The zero-order chi connectivity index (χ0) is 13.7. The molecule has 19 heavy (non-hydrogen) atoms. The first kappa shape index (κ1) is 13.9. The number of nitrogens with one attached hydrogen (secondary N) is 2. The lowest BCUT2D eigenvalue weighted by molar-refractivity contribution is 0.0956. The average molecular weight is 260 g/mol. The summed E-state index contributed by atoms with van der Waals surface area (Å²) in [5.41, 5.74) is 1.85. The van der Waals surface area contributed by atoms with Crippen molar-refractivity contribution >= 4 is 11.6 Å². The molecule has 0 aliphatic heterocycles. The van der Waals surface area contributed by atoms with Crippen LogP contribution in [0.1, 0.15) is 49.9 Å². The Balaban J connectivity index is 1.97. The van der Waals surface area contributed by atoms with E-state index in [9.17, 15) is 4.79 Å². The van der Waals surface area contributed by atoms with Gasteiger partial charge in [0, 0.05) is 23.8 Å². The highest BCUT2D eigenvalue weighted by molar-refractivity contribution is 5.94. The van der Waals surface area contributed by atoms with Gasteiger partial charge in [0.05, 0.1) is 0 Å². The van der Waals surface area contributed by atoms with Crippen LogP contribution >= 0.6 is 0 Å². The van der Waals surface area contributed by atoms with Crippen LogP contribution in [-0.2, 0) is 0 Å². The Morgan fingerprint density at radius 3 is 2.58 bits per heavy atom. The van der Waals surface area contributed by atoms with Gasteiger partial charge in [-0.25, -0.2) is 0 Å². The first-order valence-electron chi connectivity index (χ1n) is 7.39. The number of carbonyl (C=O) groups is 1. The summed E-state index contributed by atoms with van der Waals surface area (Å²) in [6.45, 7) is 4.86. The monoisotopic (exact) mass is 260 g/mol. The van der Waals surface area contributed by atoms with Crippen molar-refractivity contribution in [2.24, 2.45) is 5.92 Å². The Bertz CT molecular complexity index is 413. The van der Waals surface area contributed by atoms with Crippen LogP contribution in [0.4, 0.5) is 5.69 Å². The van der Waals surface area contributed by atoms with Crippen molar-refractivity contribution in [3.63, 3.8) is 0 Å². The second-order valence-electron chi connectivity index (χ2n) is 5.29. The van der Waals surface area contributed by atoms with E-state index in [2.05, 4.69) is 17.6 Å². The van der Waals surface area contributed by atoms with Gasteiger partial charge in [-0.1, -0.05) is 19.8 Å². The van der Waals surface area contributed by atoms with Crippen molar-refractivity contribution in [3.8, 4) is 0 Å². The summed E-state index contributed by atoms with van der Waals surface area (Å²) in [5.74, 6) is 0.796. The second kappa shape index (κ2) is 6.60. The molecule has 1 aromatic carbocycles. The summed E-state index contributed by atoms with van der Waals surface area (Å²) in [5, 5.41) is 6.42.